The third-order valence-electron chi connectivity index (χ3n) is 4.21. The van der Waals surface area contributed by atoms with Gasteiger partial charge in [-0.25, -0.2) is 0 Å². The van der Waals surface area contributed by atoms with E-state index < -0.39 is 11.9 Å². The molecule has 1 fully saturated rings. The second-order valence-corrected chi connectivity index (χ2v) is 8.16. The fourth-order valence-corrected chi connectivity index (χ4v) is 4.63. The normalized spacial score (nSPS) is 24.2. The molecule has 0 aromatic carbocycles. The number of fused-ring (bicyclic) bond motifs is 1. The van der Waals surface area contributed by atoms with Crippen LogP contribution in [-0.2, 0) is 14.4 Å². The molecule has 0 saturated carbocycles. The first-order chi connectivity index (χ1) is 11.5. The van der Waals surface area contributed by atoms with Crippen molar-refractivity contribution in [1.29, 1.82) is 0 Å². The lowest BCUT2D eigenvalue weighted by Crippen LogP contribution is -2.46. The van der Waals surface area contributed by atoms with Crippen molar-refractivity contribution in [3.63, 3.8) is 0 Å². The smallest absolute Gasteiger partial charge is 0.249 e. The van der Waals surface area contributed by atoms with Crippen molar-refractivity contribution in [3.8, 4) is 0 Å². The van der Waals surface area contributed by atoms with Crippen LogP contribution in [0, 0.1) is 11.8 Å². The zero-order valence-electron chi connectivity index (χ0n) is 13.4. The van der Waals surface area contributed by atoms with Crippen molar-refractivity contribution in [2.75, 3.05) is 11.1 Å². The van der Waals surface area contributed by atoms with E-state index in [2.05, 4.69) is 15.5 Å². The molecule has 1 aliphatic heterocycles. The fraction of sp³-hybridized carbons (Fsp3) is 0.533. The summed E-state index contributed by atoms with van der Waals surface area (Å²) in [4.78, 5) is 38.5. The third kappa shape index (κ3) is 3.10. The zero-order chi connectivity index (χ0) is 17.3. The molecular weight excluding hydrogens is 348 g/mol. The average molecular weight is 366 g/mol. The van der Waals surface area contributed by atoms with Gasteiger partial charge in [0.15, 0.2) is 4.34 Å². The summed E-state index contributed by atoms with van der Waals surface area (Å²) >= 11 is 2.82. The minimum Gasteiger partial charge on any atom is -0.299 e. The summed E-state index contributed by atoms with van der Waals surface area (Å²) in [6.45, 7) is 3.57. The second-order valence-electron chi connectivity index (χ2n) is 5.67. The topological polar surface area (TPSA) is 92.3 Å². The molecular formula is C15H18N4O3S2. The predicted molar refractivity (Wildman–Crippen MR) is 91.6 cm³/mol. The van der Waals surface area contributed by atoms with Crippen LogP contribution in [0.1, 0.15) is 26.7 Å². The van der Waals surface area contributed by atoms with Gasteiger partial charge < -0.3 is 0 Å². The SMILES string of the molecule is CCSc1nnc(NC(=O)[C@H](C)N2C(=O)[C@H]3CC=CC[C@@H]3C2=O)s1. The molecule has 3 rings (SSSR count). The number of rotatable bonds is 5. The number of likely N-dealkylation sites (tertiary alicyclic amines) is 1. The van der Waals surface area contributed by atoms with Gasteiger partial charge in [0.1, 0.15) is 6.04 Å². The van der Waals surface area contributed by atoms with Gasteiger partial charge in [-0.15, -0.1) is 10.2 Å². The van der Waals surface area contributed by atoms with E-state index in [1.165, 1.54) is 23.1 Å². The van der Waals surface area contributed by atoms with E-state index >= 15 is 0 Å². The first-order valence-electron chi connectivity index (χ1n) is 7.82. The first-order valence-corrected chi connectivity index (χ1v) is 9.62. The molecule has 0 unspecified atom stereocenters. The number of nitrogens with zero attached hydrogens (tertiary/aromatic N) is 3. The number of carbonyl (C=O) groups excluding carboxylic acids is 3. The van der Waals surface area contributed by atoms with Crippen LogP contribution in [0.4, 0.5) is 5.13 Å². The van der Waals surface area contributed by atoms with E-state index in [0.29, 0.717) is 18.0 Å². The third-order valence-corrected chi connectivity index (χ3v) is 6.07. The summed E-state index contributed by atoms with van der Waals surface area (Å²) in [5.41, 5.74) is 0. The number of nitrogens with one attached hydrogen (secondary N) is 1. The van der Waals surface area contributed by atoms with E-state index in [1.54, 1.807) is 6.92 Å². The number of allylic oxidation sites excluding steroid dienone is 2. The number of imide groups is 1. The maximum Gasteiger partial charge on any atom is 0.249 e. The standard InChI is InChI=1S/C15H18N4O3S2/c1-3-23-15-18-17-14(24-15)16-11(20)8(2)19-12(21)9-6-4-5-7-10(9)13(19)22/h4-5,8-10H,3,6-7H2,1-2H3,(H,16,17,20)/t8-,9-,10-/m0/s1. The van der Waals surface area contributed by atoms with E-state index in [-0.39, 0.29) is 23.7 Å². The lowest BCUT2D eigenvalue weighted by atomic mass is 9.85. The summed E-state index contributed by atoms with van der Waals surface area (Å²) in [7, 11) is 0. The van der Waals surface area contributed by atoms with E-state index in [0.717, 1.165) is 15.0 Å². The number of anilines is 1. The second kappa shape index (κ2) is 7.02. The average Bonchev–Trinajstić information content (AvgIpc) is 3.11. The van der Waals surface area contributed by atoms with Gasteiger partial charge in [0.2, 0.25) is 22.9 Å². The summed E-state index contributed by atoms with van der Waals surface area (Å²) in [6, 6.07) is -0.859. The largest absolute Gasteiger partial charge is 0.299 e. The molecule has 0 bridgehead atoms. The molecule has 0 radical (unpaired) electrons. The Labute approximate surface area is 147 Å². The summed E-state index contributed by atoms with van der Waals surface area (Å²) in [5, 5.41) is 10.9. The highest BCUT2D eigenvalue weighted by molar-refractivity contribution is 8.01. The molecule has 1 aromatic rings. The Hall–Kier alpha value is -1.74. The molecule has 3 atom stereocenters. The maximum atomic E-state index is 12.5. The van der Waals surface area contributed by atoms with Gasteiger partial charge >= 0.3 is 0 Å². The Bertz CT molecular complexity index is 677. The van der Waals surface area contributed by atoms with Crippen LogP contribution in [0.15, 0.2) is 16.5 Å². The lowest BCUT2D eigenvalue weighted by molar-refractivity contribution is -0.146. The molecule has 1 aliphatic carbocycles. The molecule has 3 amide bonds. The lowest BCUT2D eigenvalue weighted by Gasteiger charge is -2.21. The number of amides is 3. The van der Waals surface area contributed by atoms with Crippen molar-refractivity contribution in [2.45, 2.75) is 37.1 Å². The van der Waals surface area contributed by atoms with Crippen molar-refractivity contribution in [1.82, 2.24) is 15.1 Å². The summed E-state index contributed by atoms with van der Waals surface area (Å²) in [5.74, 6) is -0.716. The molecule has 7 nitrogen and oxygen atoms in total. The van der Waals surface area contributed by atoms with Crippen molar-refractivity contribution in [3.05, 3.63) is 12.2 Å². The Morgan fingerprint density at radius 2 is 1.96 bits per heavy atom. The highest BCUT2D eigenvalue weighted by Gasteiger charge is 2.50. The van der Waals surface area contributed by atoms with Crippen LogP contribution in [0.2, 0.25) is 0 Å². The Morgan fingerprint density at radius 3 is 2.54 bits per heavy atom. The highest BCUT2D eigenvalue weighted by Crippen LogP contribution is 2.36. The van der Waals surface area contributed by atoms with E-state index in [4.69, 9.17) is 0 Å². The molecule has 1 N–H and O–H groups in total. The Kier molecular flexibility index (Phi) is 5.00. The molecule has 1 saturated heterocycles. The van der Waals surface area contributed by atoms with Crippen LogP contribution < -0.4 is 5.32 Å². The van der Waals surface area contributed by atoms with Crippen LogP contribution in [0.5, 0.6) is 0 Å². The van der Waals surface area contributed by atoms with Crippen molar-refractivity contribution in [2.24, 2.45) is 11.8 Å². The molecule has 2 aliphatic rings. The van der Waals surface area contributed by atoms with E-state index in [1.807, 2.05) is 19.1 Å². The highest BCUT2D eigenvalue weighted by atomic mass is 32.2. The first kappa shape index (κ1) is 17.1. The number of thioether (sulfide) groups is 1. The van der Waals surface area contributed by atoms with Gasteiger partial charge in [-0.2, -0.15) is 0 Å². The van der Waals surface area contributed by atoms with Crippen LogP contribution in [0.25, 0.3) is 0 Å². The van der Waals surface area contributed by atoms with Gasteiger partial charge in [-0.05, 0) is 25.5 Å². The van der Waals surface area contributed by atoms with Crippen molar-refractivity contribution >= 4 is 46.0 Å². The van der Waals surface area contributed by atoms with Gasteiger partial charge in [0.25, 0.3) is 0 Å². The predicted octanol–water partition coefficient (Wildman–Crippen LogP) is 1.93. The summed E-state index contributed by atoms with van der Waals surface area (Å²) in [6.07, 6.45) is 4.98. The van der Waals surface area contributed by atoms with Crippen LogP contribution >= 0.6 is 23.1 Å². The monoisotopic (exact) mass is 366 g/mol. The van der Waals surface area contributed by atoms with E-state index in [9.17, 15) is 14.4 Å². The molecule has 9 heteroatoms. The quantitative estimate of drug-likeness (QED) is 0.370. The van der Waals surface area contributed by atoms with Gasteiger partial charge in [0.05, 0.1) is 11.8 Å². The summed E-state index contributed by atoms with van der Waals surface area (Å²) < 4.78 is 0.769. The Balaban J connectivity index is 1.69. The van der Waals surface area contributed by atoms with Crippen molar-refractivity contribution < 1.29 is 14.4 Å². The van der Waals surface area contributed by atoms with Gasteiger partial charge in [-0.3, -0.25) is 24.6 Å². The molecule has 24 heavy (non-hydrogen) atoms. The number of aromatic nitrogens is 2. The minimum atomic E-state index is -0.859. The minimum absolute atomic E-state index is 0.253. The molecule has 1 aromatic heterocycles. The molecule has 128 valence electrons. The maximum absolute atomic E-state index is 12.5. The van der Waals surface area contributed by atoms with Gasteiger partial charge in [0, 0.05) is 0 Å². The molecule has 0 spiro atoms. The van der Waals surface area contributed by atoms with Gasteiger partial charge in [-0.1, -0.05) is 42.2 Å². The number of hydrogen-bond donors (Lipinski definition) is 1. The number of carbonyl (C=O) groups is 3. The Morgan fingerprint density at radius 1 is 1.33 bits per heavy atom. The zero-order valence-corrected chi connectivity index (χ0v) is 15.0. The fourth-order valence-electron chi connectivity index (χ4n) is 2.98. The number of hydrogen-bond acceptors (Lipinski definition) is 7. The molecule has 2 heterocycles. The van der Waals surface area contributed by atoms with Crippen LogP contribution in [-0.4, -0.2) is 44.6 Å². The van der Waals surface area contributed by atoms with Crippen LogP contribution in [0.3, 0.4) is 0 Å².